The topological polar surface area (TPSA) is 69.1 Å². The summed E-state index contributed by atoms with van der Waals surface area (Å²) in [5.74, 6) is 0.884. The number of hydrogen-bond acceptors (Lipinski definition) is 4. The number of guanidine groups is 1. The van der Waals surface area contributed by atoms with Gasteiger partial charge in [0.25, 0.3) is 0 Å². The molecule has 0 aromatic heterocycles. The van der Waals surface area contributed by atoms with Crippen LogP contribution in [0.1, 0.15) is 49.8 Å². The number of morpholine rings is 1. The van der Waals surface area contributed by atoms with E-state index in [1.807, 2.05) is 0 Å². The highest BCUT2D eigenvalue weighted by atomic mass is 16.5. The molecule has 0 spiro atoms. The van der Waals surface area contributed by atoms with Gasteiger partial charge in [0.2, 0.25) is 0 Å². The lowest BCUT2D eigenvalue weighted by atomic mass is 9.93. The first kappa shape index (κ1) is 21.1. The molecule has 0 bridgehead atoms. The largest absolute Gasteiger partial charge is 0.393 e. The zero-order valence-corrected chi connectivity index (χ0v) is 17.4. The zero-order valence-electron chi connectivity index (χ0n) is 17.4. The zero-order chi connectivity index (χ0) is 19.8. The van der Waals surface area contributed by atoms with Gasteiger partial charge in [0, 0.05) is 25.7 Å². The number of aliphatic hydroxyl groups is 1. The van der Waals surface area contributed by atoms with Gasteiger partial charge in [-0.15, -0.1) is 0 Å². The third-order valence-electron chi connectivity index (χ3n) is 5.72. The summed E-state index contributed by atoms with van der Waals surface area (Å²) in [5, 5.41) is 16.7. The number of hydrogen-bond donors (Lipinski definition) is 3. The quantitative estimate of drug-likeness (QED) is 0.515. The Balaban J connectivity index is 1.71. The molecule has 1 saturated heterocycles. The second-order valence-electron chi connectivity index (χ2n) is 7.95. The van der Waals surface area contributed by atoms with E-state index < -0.39 is 0 Å². The van der Waals surface area contributed by atoms with E-state index in [2.05, 4.69) is 53.6 Å². The summed E-state index contributed by atoms with van der Waals surface area (Å²) >= 11 is 0. The van der Waals surface area contributed by atoms with Gasteiger partial charge in [-0.3, -0.25) is 9.89 Å². The Morgan fingerprint density at radius 1 is 1.25 bits per heavy atom. The van der Waals surface area contributed by atoms with Crippen LogP contribution < -0.4 is 10.6 Å². The normalized spacial score (nSPS) is 25.3. The molecule has 0 radical (unpaired) electrons. The number of ether oxygens (including phenoxy) is 1. The number of aliphatic hydroxyl groups excluding tert-OH is 1. The summed E-state index contributed by atoms with van der Waals surface area (Å²) in [7, 11) is 0. The van der Waals surface area contributed by atoms with Crippen LogP contribution in [0.5, 0.6) is 0 Å². The summed E-state index contributed by atoms with van der Waals surface area (Å²) in [4.78, 5) is 7.45. The predicted molar refractivity (Wildman–Crippen MR) is 114 cm³/mol. The van der Waals surface area contributed by atoms with Crippen LogP contribution in [0.25, 0.3) is 0 Å². The van der Waals surface area contributed by atoms with Crippen LogP contribution >= 0.6 is 0 Å². The van der Waals surface area contributed by atoms with E-state index >= 15 is 0 Å². The summed E-state index contributed by atoms with van der Waals surface area (Å²) in [6.07, 6.45) is 3.60. The standard InChI is InChI=1S/C22H36N4O2/c1-3-23-22(25-19-7-9-20(27)10-8-19)24-16-21(26-11-13-28-14-12-26)18-6-4-5-17(2)15-18/h4-6,15,19-21,27H,3,7-14,16H2,1-2H3,(H2,23,24,25). The van der Waals surface area contributed by atoms with Crippen LogP contribution in [-0.4, -0.2) is 67.5 Å². The molecule has 1 atom stereocenters. The van der Waals surface area contributed by atoms with Gasteiger partial charge in [0.05, 0.1) is 31.9 Å². The van der Waals surface area contributed by atoms with Crippen molar-refractivity contribution < 1.29 is 9.84 Å². The van der Waals surface area contributed by atoms with Crippen molar-refractivity contribution in [2.24, 2.45) is 4.99 Å². The van der Waals surface area contributed by atoms with E-state index in [4.69, 9.17) is 9.73 Å². The molecule has 1 unspecified atom stereocenters. The predicted octanol–water partition coefficient (Wildman–Crippen LogP) is 2.23. The molecule has 28 heavy (non-hydrogen) atoms. The highest BCUT2D eigenvalue weighted by Gasteiger charge is 2.24. The molecule has 2 fully saturated rings. The van der Waals surface area contributed by atoms with Gasteiger partial charge in [0.15, 0.2) is 5.96 Å². The first-order chi connectivity index (χ1) is 13.7. The van der Waals surface area contributed by atoms with E-state index in [9.17, 15) is 5.11 Å². The van der Waals surface area contributed by atoms with Crippen molar-refractivity contribution in [2.45, 2.75) is 57.7 Å². The summed E-state index contributed by atoms with van der Waals surface area (Å²) < 4.78 is 5.56. The smallest absolute Gasteiger partial charge is 0.191 e. The van der Waals surface area contributed by atoms with Gasteiger partial charge >= 0.3 is 0 Å². The molecule has 1 aliphatic carbocycles. The second-order valence-corrected chi connectivity index (χ2v) is 7.95. The van der Waals surface area contributed by atoms with Crippen LogP contribution in [0.3, 0.4) is 0 Å². The van der Waals surface area contributed by atoms with E-state index in [0.717, 1.165) is 64.5 Å². The fourth-order valence-corrected chi connectivity index (χ4v) is 4.11. The Morgan fingerprint density at radius 2 is 2.00 bits per heavy atom. The van der Waals surface area contributed by atoms with Crippen molar-refractivity contribution in [3.63, 3.8) is 0 Å². The fourth-order valence-electron chi connectivity index (χ4n) is 4.11. The van der Waals surface area contributed by atoms with Crippen molar-refractivity contribution in [1.82, 2.24) is 15.5 Å². The molecule has 1 saturated carbocycles. The lowest BCUT2D eigenvalue weighted by molar-refractivity contribution is 0.0179. The maximum atomic E-state index is 9.74. The van der Waals surface area contributed by atoms with Gasteiger partial charge in [-0.2, -0.15) is 0 Å². The van der Waals surface area contributed by atoms with Crippen molar-refractivity contribution >= 4 is 5.96 Å². The number of nitrogens with one attached hydrogen (secondary N) is 2. The Bertz CT molecular complexity index is 623. The van der Waals surface area contributed by atoms with Crippen molar-refractivity contribution in [3.8, 4) is 0 Å². The molecular weight excluding hydrogens is 352 g/mol. The Hall–Kier alpha value is -1.63. The third kappa shape index (κ3) is 6.19. The Morgan fingerprint density at radius 3 is 2.68 bits per heavy atom. The first-order valence-electron chi connectivity index (χ1n) is 10.8. The molecule has 156 valence electrons. The molecule has 3 rings (SSSR count). The van der Waals surface area contributed by atoms with Crippen LogP contribution in [-0.2, 0) is 4.74 Å². The van der Waals surface area contributed by atoms with Gasteiger partial charge in [-0.1, -0.05) is 29.8 Å². The maximum Gasteiger partial charge on any atom is 0.191 e. The fraction of sp³-hybridized carbons (Fsp3) is 0.682. The molecule has 0 amide bonds. The monoisotopic (exact) mass is 388 g/mol. The number of aryl methyl sites for hydroxylation is 1. The maximum absolute atomic E-state index is 9.74. The van der Waals surface area contributed by atoms with E-state index in [1.54, 1.807) is 0 Å². The van der Waals surface area contributed by atoms with Crippen LogP contribution in [0.15, 0.2) is 29.3 Å². The summed E-state index contributed by atoms with van der Waals surface area (Å²) in [6.45, 7) is 9.26. The Labute approximate surface area is 169 Å². The van der Waals surface area contributed by atoms with Gasteiger partial charge in [-0.25, -0.2) is 0 Å². The average molecular weight is 389 g/mol. The minimum absolute atomic E-state index is 0.135. The molecule has 6 heteroatoms. The molecule has 1 aromatic rings. The molecule has 1 aliphatic heterocycles. The van der Waals surface area contributed by atoms with Gasteiger partial charge in [-0.05, 0) is 45.1 Å². The number of benzene rings is 1. The number of aliphatic imine (C=N–C) groups is 1. The second kappa shape index (κ2) is 10.8. The SMILES string of the molecule is CCNC(=NCC(c1cccc(C)c1)N1CCOCC1)NC1CCC(O)CC1. The summed E-state index contributed by atoms with van der Waals surface area (Å²) in [5.41, 5.74) is 2.60. The minimum Gasteiger partial charge on any atom is -0.393 e. The lowest BCUT2D eigenvalue weighted by Crippen LogP contribution is -2.46. The van der Waals surface area contributed by atoms with Crippen molar-refractivity contribution in [3.05, 3.63) is 35.4 Å². The van der Waals surface area contributed by atoms with Gasteiger partial charge in [0.1, 0.15) is 0 Å². The summed E-state index contributed by atoms with van der Waals surface area (Å²) in [6, 6.07) is 9.42. The van der Waals surface area contributed by atoms with E-state index in [-0.39, 0.29) is 12.1 Å². The van der Waals surface area contributed by atoms with Crippen LogP contribution in [0, 0.1) is 6.92 Å². The van der Waals surface area contributed by atoms with Crippen molar-refractivity contribution in [1.29, 1.82) is 0 Å². The lowest BCUT2D eigenvalue weighted by Gasteiger charge is -2.34. The number of nitrogens with zero attached hydrogens (tertiary/aromatic N) is 2. The molecule has 1 heterocycles. The van der Waals surface area contributed by atoms with E-state index in [1.165, 1.54) is 11.1 Å². The van der Waals surface area contributed by atoms with Crippen LogP contribution in [0.2, 0.25) is 0 Å². The first-order valence-corrected chi connectivity index (χ1v) is 10.8. The third-order valence-corrected chi connectivity index (χ3v) is 5.72. The molecule has 3 N–H and O–H groups in total. The molecule has 2 aliphatic rings. The molecule has 1 aromatic carbocycles. The van der Waals surface area contributed by atoms with Crippen LogP contribution in [0.4, 0.5) is 0 Å². The highest BCUT2D eigenvalue weighted by Crippen LogP contribution is 2.23. The van der Waals surface area contributed by atoms with Crippen molar-refractivity contribution in [2.75, 3.05) is 39.4 Å². The minimum atomic E-state index is -0.135. The average Bonchev–Trinajstić information content (AvgIpc) is 2.71. The molecule has 6 nitrogen and oxygen atoms in total. The highest BCUT2D eigenvalue weighted by molar-refractivity contribution is 5.80. The Kier molecular flexibility index (Phi) is 8.13. The van der Waals surface area contributed by atoms with Gasteiger partial charge < -0.3 is 20.5 Å². The number of rotatable bonds is 6. The molecular formula is C22H36N4O2. The van der Waals surface area contributed by atoms with E-state index in [0.29, 0.717) is 12.6 Å².